The van der Waals surface area contributed by atoms with Gasteiger partial charge in [-0.05, 0) is 0 Å². The average molecular weight is 297 g/mol. The largest absolute Gasteiger partial charge is 0.381 e. The zero-order valence-corrected chi connectivity index (χ0v) is 11.8. The van der Waals surface area contributed by atoms with Crippen LogP contribution in [-0.2, 0) is 16.1 Å². The van der Waals surface area contributed by atoms with Gasteiger partial charge in [0.2, 0.25) is 0 Å². The molecule has 0 atom stereocenters. The molecule has 2 saturated heterocycles. The third-order valence-corrected chi connectivity index (χ3v) is 4.47. The quantitative estimate of drug-likeness (QED) is 0.773. The van der Waals surface area contributed by atoms with Crippen LogP contribution in [0.15, 0.2) is 0 Å². The van der Waals surface area contributed by atoms with E-state index in [0.717, 1.165) is 5.00 Å². The molecule has 1 aromatic rings. The number of hydrogen-bond acceptors (Lipinski definition) is 7. The molecule has 0 unspecified atom stereocenters. The number of imide groups is 1. The third kappa shape index (κ3) is 2.02. The molecule has 20 heavy (non-hydrogen) atoms. The molecule has 3 rings (SSSR count). The van der Waals surface area contributed by atoms with Crippen LogP contribution in [0.2, 0.25) is 0 Å². The van der Waals surface area contributed by atoms with Crippen molar-refractivity contribution in [3.05, 3.63) is 5.69 Å². The Hall–Kier alpha value is -1.74. The first-order valence-electron chi connectivity index (χ1n) is 6.37. The Morgan fingerprint density at radius 2 is 2.20 bits per heavy atom. The molecule has 3 amide bonds. The Labute approximate surface area is 119 Å². The first kappa shape index (κ1) is 13.3. The molecule has 3 heterocycles. The van der Waals surface area contributed by atoms with Crippen LogP contribution >= 0.6 is 11.5 Å². The minimum Gasteiger partial charge on any atom is -0.381 e. The second-order valence-corrected chi connectivity index (χ2v) is 5.57. The topological polar surface area (TPSA) is 96.5 Å². The summed E-state index contributed by atoms with van der Waals surface area (Å²) < 4.78 is 9.09. The fourth-order valence-corrected chi connectivity index (χ4v) is 3.05. The Kier molecular flexibility index (Phi) is 3.30. The summed E-state index contributed by atoms with van der Waals surface area (Å²) in [5.74, 6) is -0.194. The first-order valence-corrected chi connectivity index (χ1v) is 7.14. The molecule has 108 valence electrons. The van der Waals surface area contributed by atoms with Crippen LogP contribution in [0.3, 0.4) is 0 Å². The lowest BCUT2D eigenvalue weighted by atomic mass is 9.90. The first-order chi connectivity index (χ1) is 9.66. The number of anilines is 1. The minimum atomic E-state index is -0.793. The van der Waals surface area contributed by atoms with E-state index in [4.69, 9.17) is 4.74 Å². The fraction of sp³-hybridized carbons (Fsp3) is 0.636. The van der Waals surface area contributed by atoms with Crippen molar-refractivity contribution in [3.8, 4) is 0 Å². The highest BCUT2D eigenvalue weighted by molar-refractivity contribution is 7.10. The monoisotopic (exact) mass is 297 g/mol. The van der Waals surface area contributed by atoms with Crippen molar-refractivity contribution in [1.82, 2.24) is 19.8 Å². The number of carbonyl (C=O) groups excluding carboxylic acids is 2. The van der Waals surface area contributed by atoms with E-state index in [1.54, 1.807) is 7.05 Å². The number of hydrogen-bond donors (Lipinski definition) is 2. The Morgan fingerprint density at radius 3 is 2.90 bits per heavy atom. The summed E-state index contributed by atoms with van der Waals surface area (Å²) in [6.07, 6.45) is 1.03. The van der Waals surface area contributed by atoms with Crippen LogP contribution in [-0.4, -0.2) is 52.2 Å². The number of aromatic nitrogens is 2. The smallest absolute Gasteiger partial charge is 0.325 e. The van der Waals surface area contributed by atoms with E-state index in [2.05, 4.69) is 20.2 Å². The lowest BCUT2D eigenvalue weighted by Gasteiger charge is -2.30. The van der Waals surface area contributed by atoms with E-state index in [9.17, 15) is 9.59 Å². The molecular weight excluding hydrogens is 282 g/mol. The van der Waals surface area contributed by atoms with E-state index in [1.807, 2.05) is 0 Å². The van der Waals surface area contributed by atoms with Crippen LogP contribution in [0.5, 0.6) is 0 Å². The van der Waals surface area contributed by atoms with Gasteiger partial charge in [0.1, 0.15) is 16.2 Å². The summed E-state index contributed by atoms with van der Waals surface area (Å²) in [6.45, 7) is 1.11. The van der Waals surface area contributed by atoms with Gasteiger partial charge in [0.15, 0.2) is 0 Å². The van der Waals surface area contributed by atoms with E-state index >= 15 is 0 Å². The van der Waals surface area contributed by atoms with Crippen LogP contribution in [0.4, 0.5) is 9.80 Å². The van der Waals surface area contributed by atoms with Gasteiger partial charge in [-0.15, -0.1) is 5.10 Å². The molecule has 2 N–H and O–H groups in total. The van der Waals surface area contributed by atoms with Crippen LogP contribution < -0.4 is 10.6 Å². The van der Waals surface area contributed by atoms with Crippen molar-refractivity contribution in [2.24, 2.45) is 0 Å². The highest BCUT2D eigenvalue weighted by atomic mass is 32.1. The number of nitrogens with zero attached hydrogens (tertiary/aromatic N) is 3. The van der Waals surface area contributed by atoms with Crippen molar-refractivity contribution >= 4 is 28.5 Å². The molecule has 0 saturated carbocycles. The molecule has 2 aliphatic heterocycles. The van der Waals surface area contributed by atoms with Gasteiger partial charge in [-0.2, -0.15) is 0 Å². The molecule has 2 aliphatic rings. The molecule has 0 aliphatic carbocycles. The summed E-state index contributed by atoms with van der Waals surface area (Å²) in [7, 11) is 1.75. The van der Waals surface area contributed by atoms with E-state index < -0.39 is 5.54 Å². The van der Waals surface area contributed by atoms with Gasteiger partial charge in [0, 0.05) is 44.6 Å². The lowest BCUT2D eigenvalue weighted by molar-refractivity contribution is -0.134. The molecule has 1 aromatic heterocycles. The summed E-state index contributed by atoms with van der Waals surface area (Å²) in [5, 5.41) is 10.5. The predicted molar refractivity (Wildman–Crippen MR) is 71.3 cm³/mol. The van der Waals surface area contributed by atoms with E-state index in [0.29, 0.717) is 31.7 Å². The fourth-order valence-electron chi connectivity index (χ4n) is 2.53. The zero-order chi connectivity index (χ0) is 14.2. The molecule has 0 aromatic carbocycles. The van der Waals surface area contributed by atoms with Gasteiger partial charge in [0.05, 0.1) is 6.54 Å². The minimum absolute atomic E-state index is 0.139. The van der Waals surface area contributed by atoms with Crippen molar-refractivity contribution in [2.75, 3.05) is 25.6 Å². The van der Waals surface area contributed by atoms with Crippen LogP contribution in [0.25, 0.3) is 0 Å². The van der Waals surface area contributed by atoms with E-state index in [1.165, 1.54) is 16.4 Å². The maximum absolute atomic E-state index is 12.5. The normalized spacial score (nSPS) is 21.4. The summed E-state index contributed by atoms with van der Waals surface area (Å²) in [6, 6.07) is -0.369. The van der Waals surface area contributed by atoms with Gasteiger partial charge >= 0.3 is 6.03 Å². The van der Waals surface area contributed by atoms with Gasteiger partial charge in [-0.3, -0.25) is 9.69 Å². The highest BCUT2D eigenvalue weighted by Gasteiger charge is 2.51. The highest BCUT2D eigenvalue weighted by Crippen LogP contribution is 2.30. The number of amides is 3. The molecule has 0 radical (unpaired) electrons. The maximum atomic E-state index is 12.5. The number of rotatable bonds is 3. The van der Waals surface area contributed by atoms with Crippen molar-refractivity contribution in [2.45, 2.75) is 24.9 Å². The summed E-state index contributed by atoms with van der Waals surface area (Å²) in [4.78, 5) is 25.8. The van der Waals surface area contributed by atoms with Crippen LogP contribution in [0.1, 0.15) is 18.5 Å². The van der Waals surface area contributed by atoms with Crippen molar-refractivity contribution in [3.63, 3.8) is 0 Å². The van der Waals surface area contributed by atoms with Crippen molar-refractivity contribution < 1.29 is 14.3 Å². The van der Waals surface area contributed by atoms with Gasteiger partial charge in [-0.1, -0.05) is 4.49 Å². The Balaban J connectivity index is 1.80. The molecule has 9 heteroatoms. The zero-order valence-electron chi connectivity index (χ0n) is 11.0. The van der Waals surface area contributed by atoms with E-state index in [-0.39, 0.29) is 18.5 Å². The predicted octanol–water partition coefficient (Wildman–Crippen LogP) is 0.181. The van der Waals surface area contributed by atoms with Gasteiger partial charge in [-0.25, -0.2) is 4.79 Å². The number of ether oxygens (including phenoxy) is 1. The second kappa shape index (κ2) is 4.98. The molecule has 2 fully saturated rings. The molecule has 8 nitrogen and oxygen atoms in total. The maximum Gasteiger partial charge on any atom is 0.325 e. The third-order valence-electron chi connectivity index (χ3n) is 3.68. The Morgan fingerprint density at radius 1 is 1.45 bits per heavy atom. The van der Waals surface area contributed by atoms with Crippen LogP contribution in [0, 0.1) is 0 Å². The summed E-state index contributed by atoms with van der Waals surface area (Å²) in [5.41, 5.74) is -0.191. The molecular formula is C11H15N5O3S. The molecule has 1 spiro atoms. The van der Waals surface area contributed by atoms with Gasteiger partial charge < -0.3 is 15.4 Å². The SMILES string of the molecule is CNc1snnc1CN1C(=O)NC2(CCOCC2)C1=O. The number of carbonyl (C=O) groups is 2. The lowest BCUT2D eigenvalue weighted by Crippen LogP contribution is -2.51. The second-order valence-electron chi connectivity index (χ2n) is 4.81. The van der Waals surface area contributed by atoms with Gasteiger partial charge in [0.25, 0.3) is 5.91 Å². The number of nitrogens with one attached hydrogen (secondary N) is 2. The summed E-state index contributed by atoms with van der Waals surface area (Å²) >= 11 is 1.20. The Bertz CT molecular complexity index is 540. The standard InChI is InChI=1S/C11H15N5O3S/c1-12-8-7(14-15-20-8)6-16-9(17)11(13-10(16)18)2-4-19-5-3-11/h12H,2-6H2,1H3,(H,13,18). The number of urea groups is 1. The van der Waals surface area contributed by atoms with Crippen molar-refractivity contribution in [1.29, 1.82) is 0 Å². The molecule has 0 bridgehead atoms. The average Bonchev–Trinajstić information content (AvgIpc) is 2.99.